The molecule has 0 saturated heterocycles. The summed E-state index contributed by atoms with van der Waals surface area (Å²) in [6, 6.07) is 8.12. The number of nitrogens with zero attached hydrogens (tertiary/aromatic N) is 1. The molecule has 2 aromatic rings. The second-order valence-corrected chi connectivity index (χ2v) is 5.70. The lowest BCUT2D eigenvalue weighted by Crippen LogP contribution is -2.30. The van der Waals surface area contributed by atoms with E-state index in [1.54, 1.807) is 13.0 Å². The van der Waals surface area contributed by atoms with E-state index in [0.29, 0.717) is 0 Å². The molecule has 0 bridgehead atoms. The number of anilines is 1. The third-order valence-electron chi connectivity index (χ3n) is 3.68. The Morgan fingerprint density at radius 3 is 2.56 bits per heavy atom. The van der Waals surface area contributed by atoms with Crippen molar-refractivity contribution in [2.45, 2.75) is 20.0 Å². The van der Waals surface area contributed by atoms with Gasteiger partial charge in [-0.25, -0.2) is 4.79 Å². The van der Waals surface area contributed by atoms with Crippen molar-refractivity contribution in [2.75, 3.05) is 12.4 Å². The SMILES string of the molecule is COc1cc([N+](=O)[O-])ccc1NC(=O)[C@H](C)OC(=O)c1cc(C)ccc1O. The van der Waals surface area contributed by atoms with Crippen molar-refractivity contribution in [3.8, 4) is 11.5 Å². The lowest BCUT2D eigenvalue weighted by atomic mass is 10.1. The third-order valence-corrected chi connectivity index (χ3v) is 3.68. The number of esters is 1. The Morgan fingerprint density at radius 2 is 1.93 bits per heavy atom. The molecule has 0 fully saturated rings. The summed E-state index contributed by atoms with van der Waals surface area (Å²) in [6.45, 7) is 3.10. The zero-order chi connectivity index (χ0) is 20.1. The average Bonchev–Trinajstić information content (AvgIpc) is 2.63. The average molecular weight is 374 g/mol. The van der Waals surface area contributed by atoms with Crippen LogP contribution in [0.2, 0.25) is 0 Å². The molecule has 2 N–H and O–H groups in total. The number of aryl methyl sites for hydroxylation is 1. The minimum absolute atomic E-state index is 0.0532. The summed E-state index contributed by atoms with van der Waals surface area (Å²) in [5.74, 6) is -1.68. The number of aromatic hydroxyl groups is 1. The Hall–Kier alpha value is -3.62. The first-order valence-electron chi connectivity index (χ1n) is 7.86. The maximum atomic E-state index is 12.3. The molecule has 0 heterocycles. The highest BCUT2D eigenvalue weighted by atomic mass is 16.6. The highest BCUT2D eigenvalue weighted by Crippen LogP contribution is 2.29. The topological polar surface area (TPSA) is 128 Å². The molecular formula is C18H18N2O7. The normalized spacial score (nSPS) is 11.4. The summed E-state index contributed by atoms with van der Waals surface area (Å²) in [5.41, 5.74) is 0.684. The van der Waals surface area contributed by atoms with Crippen LogP contribution in [0.4, 0.5) is 11.4 Å². The summed E-state index contributed by atoms with van der Waals surface area (Å²) in [7, 11) is 1.30. The number of hydrogen-bond donors (Lipinski definition) is 2. The van der Waals surface area contributed by atoms with Crippen LogP contribution >= 0.6 is 0 Å². The second kappa shape index (κ2) is 8.17. The van der Waals surface area contributed by atoms with E-state index in [4.69, 9.17) is 9.47 Å². The van der Waals surface area contributed by atoms with Gasteiger partial charge in [-0.3, -0.25) is 14.9 Å². The van der Waals surface area contributed by atoms with Crippen molar-refractivity contribution < 1.29 is 29.1 Å². The lowest BCUT2D eigenvalue weighted by Gasteiger charge is -2.15. The van der Waals surface area contributed by atoms with Crippen LogP contribution in [0, 0.1) is 17.0 Å². The lowest BCUT2D eigenvalue weighted by molar-refractivity contribution is -0.384. The molecule has 0 radical (unpaired) electrons. The molecule has 1 atom stereocenters. The van der Waals surface area contributed by atoms with Gasteiger partial charge in [-0.2, -0.15) is 0 Å². The number of carbonyl (C=O) groups is 2. The van der Waals surface area contributed by atoms with Gasteiger partial charge in [0.25, 0.3) is 11.6 Å². The van der Waals surface area contributed by atoms with Crippen molar-refractivity contribution in [1.29, 1.82) is 0 Å². The number of carbonyl (C=O) groups excluding carboxylic acids is 2. The number of phenols is 1. The Kier molecular flexibility index (Phi) is 5.96. The van der Waals surface area contributed by atoms with Crippen molar-refractivity contribution >= 4 is 23.3 Å². The molecule has 0 saturated carbocycles. The van der Waals surface area contributed by atoms with Gasteiger partial charge in [-0.1, -0.05) is 11.6 Å². The summed E-state index contributed by atoms with van der Waals surface area (Å²) in [6.07, 6.45) is -1.18. The fourth-order valence-electron chi connectivity index (χ4n) is 2.22. The van der Waals surface area contributed by atoms with Crippen LogP contribution in [0.25, 0.3) is 0 Å². The molecule has 0 aromatic heterocycles. The smallest absolute Gasteiger partial charge is 0.342 e. The summed E-state index contributed by atoms with van der Waals surface area (Å²) in [5, 5.41) is 23.0. The Labute approximate surface area is 154 Å². The molecule has 2 rings (SSSR count). The number of methoxy groups -OCH3 is 1. The van der Waals surface area contributed by atoms with Crippen molar-refractivity contribution in [3.63, 3.8) is 0 Å². The van der Waals surface area contributed by atoms with E-state index in [9.17, 15) is 24.8 Å². The van der Waals surface area contributed by atoms with Crippen LogP contribution in [0.5, 0.6) is 11.5 Å². The molecular weight excluding hydrogens is 356 g/mol. The number of nitro groups is 1. The van der Waals surface area contributed by atoms with Crippen molar-refractivity contribution in [3.05, 3.63) is 57.6 Å². The number of non-ortho nitro benzene ring substituents is 1. The second-order valence-electron chi connectivity index (χ2n) is 5.70. The Balaban J connectivity index is 2.10. The molecule has 9 nitrogen and oxygen atoms in total. The van der Waals surface area contributed by atoms with Gasteiger partial charge < -0.3 is 19.9 Å². The highest BCUT2D eigenvalue weighted by molar-refractivity contribution is 5.99. The van der Waals surface area contributed by atoms with Crippen LogP contribution in [-0.2, 0) is 9.53 Å². The van der Waals surface area contributed by atoms with E-state index < -0.39 is 22.9 Å². The molecule has 9 heteroatoms. The van der Waals surface area contributed by atoms with Gasteiger partial charge in [0.1, 0.15) is 17.1 Å². The Morgan fingerprint density at radius 1 is 1.22 bits per heavy atom. The van der Waals surface area contributed by atoms with E-state index in [0.717, 1.165) is 11.6 Å². The Bertz CT molecular complexity index is 895. The molecule has 0 aliphatic rings. The van der Waals surface area contributed by atoms with Gasteiger partial charge in [0.2, 0.25) is 0 Å². The molecule has 142 valence electrons. The number of phenolic OH excluding ortho intramolecular Hbond substituents is 1. The zero-order valence-corrected chi connectivity index (χ0v) is 14.9. The van der Waals surface area contributed by atoms with Gasteiger partial charge in [0, 0.05) is 6.07 Å². The number of nitrogens with one attached hydrogen (secondary N) is 1. The molecule has 0 unspecified atom stereocenters. The summed E-state index contributed by atoms with van der Waals surface area (Å²) in [4.78, 5) is 34.7. The first kappa shape index (κ1) is 19.7. The van der Waals surface area contributed by atoms with Crippen LogP contribution < -0.4 is 10.1 Å². The van der Waals surface area contributed by atoms with Gasteiger partial charge in [-0.15, -0.1) is 0 Å². The number of rotatable bonds is 6. The minimum Gasteiger partial charge on any atom is -0.507 e. The third kappa shape index (κ3) is 4.72. The van der Waals surface area contributed by atoms with Crippen LogP contribution in [0.1, 0.15) is 22.8 Å². The van der Waals surface area contributed by atoms with Gasteiger partial charge in [0.05, 0.1) is 23.8 Å². The fourth-order valence-corrected chi connectivity index (χ4v) is 2.22. The van der Waals surface area contributed by atoms with Gasteiger partial charge in [-0.05, 0) is 32.0 Å². The maximum Gasteiger partial charge on any atom is 0.342 e. The molecule has 1 amide bonds. The number of hydrogen-bond acceptors (Lipinski definition) is 7. The molecule has 0 aliphatic carbocycles. The largest absolute Gasteiger partial charge is 0.507 e. The predicted octanol–water partition coefficient (Wildman–Crippen LogP) is 2.80. The minimum atomic E-state index is -1.18. The van der Waals surface area contributed by atoms with Crippen molar-refractivity contribution in [2.24, 2.45) is 0 Å². The van der Waals surface area contributed by atoms with Gasteiger partial charge in [0.15, 0.2) is 6.10 Å². The van der Waals surface area contributed by atoms with E-state index in [-0.39, 0.29) is 28.4 Å². The number of amides is 1. The van der Waals surface area contributed by atoms with Crippen LogP contribution in [-0.4, -0.2) is 35.1 Å². The standard InChI is InChI=1S/C18H18N2O7/c1-10-4-7-15(21)13(8-10)18(23)27-11(2)17(22)19-14-6-5-12(20(24)25)9-16(14)26-3/h4-9,11,21H,1-3H3,(H,19,22)/t11-/m0/s1. The summed E-state index contributed by atoms with van der Waals surface area (Å²) < 4.78 is 10.1. The number of ether oxygens (including phenoxy) is 2. The van der Waals surface area contributed by atoms with E-state index in [1.165, 1.54) is 38.3 Å². The first-order valence-corrected chi connectivity index (χ1v) is 7.86. The zero-order valence-electron chi connectivity index (χ0n) is 14.9. The quantitative estimate of drug-likeness (QED) is 0.452. The maximum absolute atomic E-state index is 12.3. The van der Waals surface area contributed by atoms with E-state index in [1.807, 2.05) is 0 Å². The number of benzene rings is 2. The van der Waals surface area contributed by atoms with E-state index >= 15 is 0 Å². The van der Waals surface area contributed by atoms with Crippen LogP contribution in [0.3, 0.4) is 0 Å². The molecule has 0 aliphatic heterocycles. The summed E-state index contributed by atoms with van der Waals surface area (Å²) >= 11 is 0. The molecule has 27 heavy (non-hydrogen) atoms. The predicted molar refractivity (Wildman–Crippen MR) is 96.0 cm³/mol. The van der Waals surface area contributed by atoms with E-state index in [2.05, 4.69) is 5.32 Å². The molecule has 0 spiro atoms. The monoisotopic (exact) mass is 374 g/mol. The number of nitro benzene ring substituents is 1. The van der Waals surface area contributed by atoms with Gasteiger partial charge >= 0.3 is 5.97 Å². The van der Waals surface area contributed by atoms with Crippen molar-refractivity contribution in [1.82, 2.24) is 0 Å². The molecule has 2 aromatic carbocycles. The highest BCUT2D eigenvalue weighted by Gasteiger charge is 2.22. The fraction of sp³-hybridized carbons (Fsp3) is 0.222. The van der Waals surface area contributed by atoms with Crippen LogP contribution in [0.15, 0.2) is 36.4 Å². The first-order chi connectivity index (χ1) is 12.7.